The van der Waals surface area contributed by atoms with Gasteiger partial charge in [-0.15, -0.1) is 0 Å². The molecule has 0 aliphatic carbocycles. The molecule has 2 N–H and O–H groups in total. The number of carbonyl (C=O) groups is 2. The van der Waals surface area contributed by atoms with Crippen LogP contribution in [0.25, 0.3) is 17.0 Å². The second-order valence-corrected chi connectivity index (χ2v) is 9.19. The lowest BCUT2D eigenvalue weighted by Gasteiger charge is -2.08. The van der Waals surface area contributed by atoms with E-state index in [2.05, 4.69) is 20.6 Å². The Bertz CT molecular complexity index is 1270. The first-order valence-corrected chi connectivity index (χ1v) is 11.3. The third-order valence-corrected chi connectivity index (χ3v) is 5.85. The van der Waals surface area contributed by atoms with Crippen LogP contribution < -0.4 is 10.6 Å². The van der Waals surface area contributed by atoms with Crippen LogP contribution in [0.1, 0.15) is 25.8 Å². The average Bonchev–Trinajstić information content (AvgIpc) is 3.08. The van der Waals surface area contributed by atoms with Crippen LogP contribution in [0.2, 0.25) is 5.02 Å². The van der Waals surface area contributed by atoms with E-state index in [0.29, 0.717) is 32.9 Å². The van der Waals surface area contributed by atoms with Crippen molar-refractivity contribution < 1.29 is 9.59 Å². The highest BCUT2D eigenvalue weighted by molar-refractivity contribution is 8.18. The van der Waals surface area contributed by atoms with Crippen LogP contribution >= 0.6 is 23.4 Å². The van der Waals surface area contributed by atoms with Gasteiger partial charge in [0.05, 0.1) is 21.1 Å². The van der Waals surface area contributed by atoms with Crippen molar-refractivity contribution in [2.45, 2.75) is 20.3 Å². The molecule has 8 heteroatoms. The second kappa shape index (κ2) is 9.54. The Morgan fingerprint density at radius 1 is 1.25 bits per heavy atom. The van der Waals surface area contributed by atoms with Gasteiger partial charge in [0.1, 0.15) is 0 Å². The fourth-order valence-corrected chi connectivity index (χ4v) is 4.18. The molecule has 0 spiro atoms. The van der Waals surface area contributed by atoms with E-state index in [9.17, 15) is 9.59 Å². The maximum atomic E-state index is 12.5. The van der Waals surface area contributed by atoms with E-state index in [1.165, 1.54) is 11.8 Å². The first-order valence-electron chi connectivity index (χ1n) is 10.1. The Labute approximate surface area is 195 Å². The van der Waals surface area contributed by atoms with Crippen molar-refractivity contribution >= 4 is 68.7 Å². The number of anilines is 1. The van der Waals surface area contributed by atoms with Crippen molar-refractivity contribution in [2.75, 3.05) is 5.32 Å². The molecule has 4 rings (SSSR count). The first kappa shape index (κ1) is 22.0. The Hall–Kier alpha value is -3.16. The van der Waals surface area contributed by atoms with Crippen LogP contribution in [0.15, 0.2) is 64.6 Å². The Morgan fingerprint density at radius 2 is 2.09 bits per heavy atom. The Kier molecular flexibility index (Phi) is 6.58. The number of carbonyl (C=O) groups excluding carboxylic acids is 2. The molecule has 2 amide bonds. The van der Waals surface area contributed by atoms with Crippen molar-refractivity contribution in [3.8, 4) is 0 Å². The third kappa shape index (κ3) is 5.36. The van der Waals surface area contributed by atoms with Gasteiger partial charge in [0, 0.05) is 23.7 Å². The molecule has 6 nitrogen and oxygen atoms in total. The Balaban J connectivity index is 1.54. The van der Waals surface area contributed by atoms with Crippen molar-refractivity contribution in [1.82, 2.24) is 10.3 Å². The van der Waals surface area contributed by atoms with Crippen molar-refractivity contribution in [3.63, 3.8) is 0 Å². The zero-order valence-electron chi connectivity index (χ0n) is 17.6. The van der Waals surface area contributed by atoms with Crippen LogP contribution in [0.5, 0.6) is 0 Å². The highest BCUT2D eigenvalue weighted by Crippen LogP contribution is 2.33. The van der Waals surface area contributed by atoms with Crippen molar-refractivity contribution in [1.29, 1.82) is 0 Å². The van der Waals surface area contributed by atoms with Gasteiger partial charge in [0.2, 0.25) is 5.91 Å². The minimum Gasteiger partial charge on any atom is -0.326 e. The smallest absolute Gasteiger partial charge is 0.264 e. The van der Waals surface area contributed by atoms with Crippen LogP contribution in [0.3, 0.4) is 0 Å². The highest BCUT2D eigenvalue weighted by Gasteiger charge is 2.24. The molecule has 1 aromatic heterocycles. The molecule has 1 fully saturated rings. The maximum Gasteiger partial charge on any atom is 0.264 e. The molecule has 32 heavy (non-hydrogen) atoms. The summed E-state index contributed by atoms with van der Waals surface area (Å²) in [7, 11) is 0. The predicted octanol–water partition coefficient (Wildman–Crippen LogP) is 5.76. The number of fused-ring (bicyclic) bond motifs is 1. The largest absolute Gasteiger partial charge is 0.326 e. The summed E-state index contributed by atoms with van der Waals surface area (Å²) in [5, 5.41) is 7.48. The molecular weight excluding hydrogens is 444 g/mol. The third-order valence-electron chi connectivity index (χ3n) is 4.62. The topological polar surface area (TPSA) is 83.5 Å². The van der Waals surface area contributed by atoms with Gasteiger partial charge in [-0.1, -0.05) is 37.6 Å². The van der Waals surface area contributed by atoms with Crippen LogP contribution in [-0.2, 0) is 9.59 Å². The van der Waals surface area contributed by atoms with Gasteiger partial charge in [0.15, 0.2) is 5.17 Å². The molecule has 1 aliphatic rings. The first-order chi connectivity index (χ1) is 15.4. The number of benzene rings is 2. The lowest BCUT2D eigenvalue weighted by Crippen LogP contribution is -2.19. The lowest BCUT2D eigenvalue weighted by atomic mass is 10.1. The van der Waals surface area contributed by atoms with Crippen LogP contribution in [0, 0.1) is 5.92 Å². The predicted molar refractivity (Wildman–Crippen MR) is 132 cm³/mol. The van der Waals surface area contributed by atoms with Crippen molar-refractivity contribution in [3.05, 3.63) is 70.2 Å². The molecule has 0 radical (unpaired) electrons. The number of amides is 2. The molecular formula is C24H21ClN4O2S. The monoisotopic (exact) mass is 464 g/mol. The normalized spacial score (nSPS) is 16.2. The number of amidine groups is 1. The fraction of sp³-hybridized carbons (Fsp3) is 0.167. The van der Waals surface area contributed by atoms with Gasteiger partial charge < -0.3 is 10.6 Å². The van der Waals surface area contributed by atoms with Gasteiger partial charge in [0.25, 0.3) is 5.91 Å². The number of nitrogens with zero attached hydrogens (tertiary/aromatic N) is 2. The minimum absolute atomic E-state index is 0.0692. The maximum absolute atomic E-state index is 12.5. The number of halogens is 1. The SMILES string of the molecule is CC(C)CC(=O)Nc1ccc(Cl)c(N=C2NC(=O)/C(=C\c3ccc4ncccc4c3)S2)c1. The summed E-state index contributed by atoms with van der Waals surface area (Å²) < 4.78 is 0. The highest BCUT2D eigenvalue weighted by atomic mass is 35.5. The summed E-state index contributed by atoms with van der Waals surface area (Å²) in [6, 6.07) is 14.8. The molecule has 2 aromatic carbocycles. The zero-order chi connectivity index (χ0) is 22.7. The number of rotatable bonds is 5. The Morgan fingerprint density at radius 3 is 2.91 bits per heavy atom. The number of pyridine rings is 1. The van der Waals surface area contributed by atoms with E-state index in [-0.39, 0.29) is 17.7 Å². The quantitative estimate of drug-likeness (QED) is 0.470. The molecule has 1 saturated heterocycles. The van der Waals surface area contributed by atoms with E-state index >= 15 is 0 Å². The number of hydrogen-bond donors (Lipinski definition) is 2. The van der Waals surface area contributed by atoms with E-state index in [1.807, 2.05) is 50.3 Å². The van der Waals surface area contributed by atoms with E-state index < -0.39 is 0 Å². The van der Waals surface area contributed by atoms with Crippen molar-refractivity contribution in [2.24, 2.45) is 10.9 Å². The summed E-state index contributed by atoms with van der Waals surface area (Å²) in [6.07, 6.45) is 4.00. The molecule has 0 atom stereocenters. The molecule has 2 heterocycles. The van der Waals surface area contributed by atoms with Gasteiger partial charge in [-0.2, -0.15) is 0 Å². The van der Waals surface area contributed by atoms with Crippen LogP contribution in [0.4, 0.5) is 11.4 Å². The number of nitrogens with one attached hydrogen (secondary N) is 2. The summed E-state index contributed by atoms with van der Waals surface area (Å²) in [6.45, 7) is 3.97. The lowest BCUT2D eigenvalue weighted by molar-refractivity contribution is -0.117. The molecule has 0 unspecified atom stereocenters. The van der Waals surface area contributed by atoms with E-state index in [1.54, 1.807) is 24.4 Å². The number of hydrogen-bond acceptors (Lipinski definition) is 5. The second-order valence-electron chi connectivity index (χ2n) is 7.75. The molecule has 0 bridgehead atoms. The van der Waals surface area contributed by atoms with Crippen LogP contribution in [-0.4, -0.2) is 22.0 Å². The molecule has 0 saturated carbocycles. The fourth-order valence-electron chi connectivity index (χ4n) is 3.18. The van der Waals surface area contributed by atoms with Gasteiger partial charge >= 0.3 is 0 Å². The summed E-state index contributed by atoms with van der Waals surface area (Å²) in [4.78, 5) is 33.8. The average molecular weight is 465 g/mol. The summed E-state index contributed by atoms with van der Waals surface area (Å²) in [5.74, 6) is -0.0333. The summed E-state index contributed by atoms with van der Waals surface area (Å²) >= 11 is 7.53. The summed E-state index contributed by atoms with van der Waals surface area (Å²) in [5.41, 5.74) is 2.87. The van der Waals surface area contributed by atoms with E-state index in [0.717, 1.165) is 16.5 Å². The molecule has 1 aliphatic heterocycles. The number of aromatic nitrogens is 1. The standard InChI is InChI=1S/C24H21ClN4O2S/c1-14(2)10-22(30)27-17-6-7-18(25)20(13-17)28-24-29-23(31)21(32-24)12-15-5-8-19-16(11-15)4-3-9-26-19/h3-9,11-14H,10H2,1-2H3,(H,27,30)(H,28,29,31)/b21-12+. The molecule has 162 valence electrons. The number of thioether (sulfide) groups is 1. The van der Waals surface area contributed by atoms with Gasteiger partial charge in [-0.25, -0.2) is 4.99 Å². The zero-order valence-corrected chi connectivity index (χ0v) is 19.1. The van der Waals surface area contributed by atoms with E-state index in [4.69, 9.17) is 11.6 Å². The molecule has 3 aromatic rings. The minimum atomic E-state index is -0.224. The van der Waals surface area contributed by atoms with Gasteiger partial charge in [-0.05, 0) is 65.7 Å². The van der Waals surface area contributed by atoms with Gasteiger partial charge in [-0.3, -0.25) is 14.6 Å². The number of aliphatic imine (C=N–C) groups is 1.